The van der Waals surface area contributed by atoms with Crippen molar-refractivity contribution >= 4 is 21.9 Å². The van der Waals surface area contributed by atoms with Crippen LogP contribution in [0, 0.1) is 0 Å². The van der Waals surface area contributed by atoms with Crippen molar-refractivity contribution in [3.63, 3.8) is 0 Å². The molecule has 0 atom stereocenters. The first kappa shape index (κ1) is 14.8. The van der Waals surface area contributed by atoms with E-state index in [2.05, 4.69) is 15.9 Å². The van der Waals surface area contributed by atoms with Gasteiger partial charge < -0.3 is 10.2 Å². The first-order chi connectivity index (χ1) is 8.21. The molecule has 0 spiro atoms. The molecule has 0 unspecified atom stereocenters. The van der Waals surface area contributed by atoms with E-state index in [1.54, 1.807) is 0 Å². The van der Waals surface area contributed by atoms with Crippen LogP contribution in [-0.4, -0.2) is 16.2 Å². The van der Waals surface area contributed by atoms with Gasteiger partial charge in [0, 0.05) is 16.5 Å². The number of aliphatic carboxylic acids is 1. The Labute approximate surface area is 109 Å². The van der Waals surface area contributed by atoms with Gasteiger partial charge in [0.2, 0.25) is 0 Å². The maximum absolute atomic E-state index is 12.4. The number of phenols is 1. The van der Waals surface area contributed by atoms with Crippen molar-refractivity contribution in [2.45, 2.75) is 25.4 Å². The molecule has 7 heteroatoms. The van der Waals surface area contributed by atoms with Crippen molar-refractivity contribution in [2.24, 2.45) is 0 Å². The van der Waals surface area contributed by atoms with Gasteiger partial charge in [0.25, 0.3) is 0 Å². The molecule has 0 aliphatic carbocycles. The van der Waals surface area contributed by atoms with Gasteiger partial charge in [-0.05, 0) is 25.0 Å². The smallest absolute Gasteiger partial charge is 0.416 e. The number of alkyl halides is 3. The maximum atomic E-state index is 12.4. The van der Waals surface area contributed by atoms with Gasteiger partial charge >= 0.3 is 12.1 Å². The highest BCUT2D eigenvalue weighted by Crippen LogP contribution is 2.37. The van der Waals surface area contributed by atoms with Gasteiger partial charge in [-0.25, -0.2) is 0 Å². The zero-order valence-corrected chi connectivity index (χ0v) is 10.7. The van der Waals surface area contributed by atoms with Crippen molar-refractivity contribution in [3.05, 3.63) is 27.7 Å². The van der Waals surface area contributed by atoms with Crippen LogP contribution in [0.2, 0.25) is 0 Å². The molecule has 100 valence electrons. The number of benzene rings is 1. The van der Waals surface area contributed by atoms with Crippen molar-refractivity contribution < 1.29 is 28.2 Å². The molecule has 0 aromatic heterocycles. The van der Waals surface area contributed by atoms with Gasteiger partial charge in [-0.3, -0.25) is 4.79 Å². The summed E-state index contributed by atoms with van der Waals surface area (Å²) in [6.07, 6.45) is -4.20. The summed E-state index contributed by atoms with van der Waals surface area (Å²) in [5.41, 5.74) is -0.668. The molecule has 0 radical (unpaired) electrons. The number of carbonyl (C=O) groups is 1. The topological polar surface area (TPSA) is 57.5 Å². The Morgan fingerprint density at radius 1 is 1.33 bits per heavy atom. The van der Waals surface area contributed by atoms with E-state index < -0.39 is 23.5 Å². The third-order valence-electron chi connectivity index (χ3n) is 2.32. The van der Waals surface area contributed by atoms with Crippen LogP contribution in [-0.2, 0) is 17.4 Å². The molecular formula is C11H10BrF3O3. The average Bonchev–Trinajstić information content (AvgIpc) is 2.20. The first-order valence-corrected chi connectivity index (χ1v) is 5.81. The lowest BCUT2D eigenvalue weighted by Crippen LogP contribution is -2.06. The number of aromatic hydroxyl groups is 1. The number of hydrogen-bond donors (Lipinski definition) is 2. The SMILES string of the molecule is O=C(O)CCCc1c(O)cc(C(F)(F)F)cc1Br. The highest BCUT2D eigenvalue weighted by atomic mass is 79.9. The minimum atomic E-state index is -4.53. The highest BCUT2D eigenvalue weighted by Gasteiger charge is 2.32. The summed E-state index contributed by atoms with van der Waals surface area (Å²) in [6, 6.07) is 1.51. The number of halogens is 4. The maximum Gasteiger partial charge on any atom is 0.416 e. The molecule has 0 amide bonds. The van der Waals surface area contributed by atoms with Gasteiger partial charge in [-0.2, -0.15) is 13.2 Å². The molecule has 0 fully saturated rings. The summed E-state index contributed by atoms with van der Waals surface area (Å²) in [5, 5.41) is 18.0. The van der Waals surface area contributed by atoms with Crippen LogP contribution in [0.15, 0.2) is 16.6 Å². The summed E-state index contributed by atoms with van der Waals surface area (Å²) in [7, 11) is 0. The van der Waals surface area contributed by atoms with Crippen LogP contribution in [0.3, 0.4) is 0 Å². The first-order valence-electron chi connectivity index (χ1n) is 5.02. The Hall–Kier alpha value is -1.24. The quantitative estimate of drug-likeness (QED) is 0.889. The van der Waals surface area contributed by atoms with E-state index in [0.29, 0.717) is 6.07 Å². The molecule has 1 aromatic rings. The second-order valence-corrected chi connectivity index (χ2v) is 4.56. The Morgan fingerprint density at radius 2 is 1.94 bits per heavy atom. The van der Waals surface area contributed by atoms with E-state index in [4.69, 9.17) is 5.11 Å². The summed E-state index contributed by atoms with van der Waals surface area (Å²) in [5.74, 6) is -1.47. The van der Waals surface area contributed by atoms with E-state index >= 15 is 0 Å². The van der Waals surface area contributed by atoms with Crippen molar-refractivity contribution in [1.29, 1.82) is 0 Å². The third kappa shape index (κ3) is 3.90. The van der Waals surface area contributed by atoms with Gasteiger partial charge in [0.15, 0.2) is 0 Å². The zero-order valence-electron chi connectivity index (χ0n) is 9.09. The lowest BCUT2D eigenvalue weighted by molar-refractivity contribution is -0.138. The monoisotopic (exact) mass is 326 g/mol. The average molecular weight is 327 g/mol. The molecule has 0 saturated carbocycles. The highest BCUT2D eigenvalue weighted by molar-refractivity contribution is 9.10. The van der Waals surface area contributed by atoms with Crippen molar-refractivity contribution in [3.8, 4) is 5.75 Å². The molecule has 0 aliphatic rings. The number of carboxylic acids is 1. The van der Waals surface area contributed by atoms with Crippen LogP contribution in [0.4, 0.5) is 13.2 Å². The molecule has 1 aromatic carbocycles. The fourth-order valence-electron chi connectivity index (χ4n) is 1.45. The predicted octanol–water partition coefficient (Wildman–Crippen LogP) is 3.58. The molecular weight excluding hydrogens is 317 g/mol. The summed E-state index contributed by atoms with van der Waals surface area (Å²) < 4.78 is 37.4. The third-order valence-corrected chi connectivity index (χ3v) is 3.02. The van der Waals surface area contributed by atoms with Gasteiger partial charge in [0.1, 0.15) is 5.75 Å². The van der Waals surface area contributed by atoms with Crippen LogP contribution in [0.1, 0.15) is 24.0 Å². The lowest BCUT2D eigenvalue weighted by atomic mass is 10.0. The predicted molar refractivity (Wildman–Crippen MR) is 61.4 cm³/mol. The van der Waals surface area contributed by atoms with Crippen LogP contribution in [0.25, 0.3) is 0 Å². The summed E-state index contributed by atoms with van der Waals surface area (Å²) in [4.78, 5) is 10.3. The Kier molecular flexibility index (Phi) is 4.61. The number of carboxylic acid groups (broad SMARTS) is 1. The number of rotatable bonds is 4. The fraction of sp³-hybridized carbons (Fsp3) is 0.364. The van der Waals surface area contributed by atoms with Crippen LogP contribution in [0.5, 0.6) is 5.75 Å². The second kappa shape index (κ2) is 5.60. The molecule has 2 N–H and O–H groups in total. The van der Waals surface area contributed by atoms with E-state index in [-0.39, 0.29) is 29.3 Å². The largest absolute Gasteiger partial charge is 0.508 e. The minimum absolute atomic E-state index is 0.104. The lowest BCUT2D eigenvalue weighted by Gasteiger charge is -2.12. The van der Waals surface area contributed by atoms with Crippen molar-refractivity contribution in [1.82, 2.24) is 0 Å². The van der Waals surface area contributed by atoms with Crippen LogP contribution < -0.4 is 0 Å². The van der Waals surface area contributed by atoms with Crippen LogP contribution >= 0.6 is 15.9 Å². The summed E-state index contributed by atoms with van der Waals surface area (Å²) >= 11 is 2.95. The molecule has 0 bridgehead atoms. The van der Waals surface area contributed by atoms with Gasteiger partial charge in [0.05, 0.1) is 5.56 Å². The van der Waals surface area contributed by atoms with E-state index in [1.165, 1.54) is 0 Å². The Balaban J connectivity index is 2.91. The number of phenolic OH excluding ortho intramolecular Hbond substituents is 1. The fourth-order valence-corrected chi connectivity index (χ4v) is 2.10. The van der Waals surface area contributed by atoms with E-state index in [0.717, 1.165) is 6.07 Å². The molecule has 0 saturated heterocycles. The normalized spacial score (nSPS) is 11.6. The number of hydrogen-bond acceptors (Lipinski definition) is 2. The van der Waals surface area contributed by atoms with Gasteiger partial charge in [-0.1, -0.05) is 15.9 Å². The Morgan fingerprint density at radius 3 is 2.39 bits per heavy atom. The molecule has 3 nitrogen and oxygen atoms in total. The second-order valence-electron chi connectivity index (χ2n) is 3.70. The summed E-state index contributed by atoms with van der Waals surface area (Å²) in [6.45, 7) is 0. The molecule has 0 heterocycles. The van der Waals surface area contributed by atoms with Crippen molar-refractivity contribution in [2.75, 3.05) is 0 Å². The minimum Gasteiger partial charge on any atom is -0.508 e. The standard InChI is InChI=1S/C11H10BrF3O3/c12-8-4-6(11(13,14)15)5-9(16)7(8)2-1-3-10(17)18/h4-5,16H,1-3H2,(H,17,18). The Bertz CT molecular complexity index is 434. The molecule has 18 heavy (non-hydrogen) atoms. The van der Waals surface area contributed by atoms with Gasteiger partial charge in [-0.15, -0.1) is 0 Å². The van der Waals surface area contributed by atoms with E-state index in [9.17, 15) is 23.1 Å². The zero-order chi connectivity index (χ0) is 13.9. The molecule has 1 rings (SSSR count). The molecule has 0 aliphatic heterocycles. The van der Waals surface area contributed by atoms with E-state index in [1.807, 2.05) is 0 Å².